The number of aryl methyl sites for hydroxylation is 2. The molecule has 0 N–H and O–H groups in total. The number of methoxy groups -OCH3 is 1. The van der Waals surface area contributed by atoms with Crippen LogP contribution in [0.4, 0.5) is 0 Å². The summed E-state index contributed by atoms with van der Waals surface area (Å²) in [5.41, 5.74) is 1.70. The van der Waals surface area contributed by atoms with Gasteiger partial charge in [-0.1, -0.05) is 18.2 Å². The van der Waals surface area contributed by atoms with Gasteiger partial charge in [0.2, 0.25) is 0 Å². The molecule has 100 valence electrons. The van der Waals surface area contributed by atoms with Gasteiger partial charge in [0, 0.05) is 9.77 Å². The molecule has 3 nitrogen and oxygen atoms in total. The normalized spacial score (nSPS) is 10.5. The third-order valence-corrected chi connectivity index (χ3v) is 5.00. The number of carbonyl (C=O) groups is 1. The van der Waals surface area contributed by atoms with Crippen molar-refractivity contribution in [2.45, 2.75) is 24.5 Å². The molecule has 0 aliphatic rings. The molecule has 1 heterocycles. The zero-order valence-electron chi connectivity index (χ0n) is 11.1. The molecule has 0 radical (unpaired) electrons. The molecule has 19 heavy (non-hydrogen) atoms. The summed E-state index contributed by atoms with van der Waals surface area (Å²) in [5.74, 6) is 0.411. The summed E-state index contributed by atoms with van der Waals surface area (Å²) >= 11 is 3.29. The van der Waals surface area contributed by atoms with Crippen molar-refractivity contribution < 1.29 is 9.53 Å². The molecule has 0 spiro atoms. The first-order valence-electron chi connectivity index (χ1n) is 5.85. The maximum atomic E-state index is 11.5. The molecule has 0 atom stereocenters. The second kappa shape index (κ2) is 6.21. The van der Waals surface area contributed by atoms with Crippen LogP contribution in [0.3, 0.4) is 0 Å². The highest BCUT2D eigenvalue weighted by atomic mass is 32.2. The summed E-state index contributed by atoms with van der Waals surface area (Å²) in [6.45, 7) is 3.99. The van der Waals surface area contributed by atoms with Gasteiger partial charge in [0.1, 0.15) is 5.01 Å². The molecule has 2 aromatic rings. The zero-order valence-corrected chi connectivity index (χ0v) is 12.7. The van der Waals surface area contributed by atoms with Crippen LogP contribution in [0, 0.1) is 13.8 Å². The van der Waals surface area contributed by atoms with Gasteiger partial charge < -0.3 is 4.74 Å². The first-order valence-corrected chi connectivity index (χ1v) is 7.65. The Kier molecular flexibility index (Phi) is 4.61. The Morgan fingerprint density at radius 1 is 1.37 bits per heavy atom. The second-order valence-corrected chi connectivity index (χ2v) is 6.36. The van der Waals surface area contributed by atoms with Gasteiger partial charge in [-0.05, 0) is 25.5 Å². The monoisotopic (exact) mass is 293 g/mol. The standard InChI is InChI=1S/C14H15NO2S2/c1-9-6-4-5-7-11(9)18-8-12-15-13(10(2)19-12)14(16)17-3/h4-7H,8H2,1-3H3. The lowest BCUT2D eigenvalue weighted by Crippen LogP contribution is -2.03. The predicted octanol–water partition coefficient (Wildman–Crippen LogP) is 3.84. The zero-order chi connectivity index (χ0) is 13.8. The fourth-order valence-corrected chi connectivity index (χ4v) is 3.60. The molecule has 1 aromatic carbocycles. The van der Waals surface area contributed by atoms with Crippen LogP contribution in [-0.2, 0) is 10.5 Å². The topological polar surface area (TPSA) is 39.2 Å². The summed E-state index contributed by atoms with van der Waals surface area (Å²) in [7, 11) is 1.38. The lowest BCUT2D eigenvalue weighted by Gasteiger charge is -2.02. The average Bonchev–Trinajstić information content (AvgIpc) is 2.78. The number of ether oxygens (including phenoxy) is 1. The van der Waals surface area contributed by atoms with Crippen LogP contribution in [0.25, 0.3) is 0 Å². The van der Waals surface area contributed by atoms with E-state index in [1.54, 1.807) is 23.1 Å². The minimum atomic E-state index is -0.360. The van der Waals surface area contributed by atoms with Crippen molar-refractivity contribution in [1.82, 2.24) is 4.98 Å². The van der Waals surface area contributed by atoms with Gasteiger partial charge in [0.05, 0.1) is 12.9 Å². The molecule has 0 amide bonds. The van der Waals surface area contributed by atoms with E-state index in [9.17, 15) is 4.79 Å². The van der Waals surface area contributed by atoms with Crippen molar-refractivity contribution in [1.29, 1.82) is 0 Å². The minimum Gasteiger partial charge on any atom is -0.464 e. The minimum absolute atomic E-state index is 0.360. The van der Waals surface area contributed by atoms with Gasteiger partial charge in [0.25, 0.3) is 0 Å². The summed E-state index contributed by atoms with van der Waals surface area (Å²) in [4.78, 5) is 18.0. The first-order chi connectivity index (χ1) is 9.11. The predicted molar refractivity (Wildman–Crippen MR) is 78.9 cm³/mol. The fourth-order valence-electron chi connectivity index (χ4n) is 1.66. The number of hydrogen-bond acceptors (Lipinski definition) is 5. The van der Waals surface area contributed by atoms with Gasteiger partial charge in [-0.25, -0.2) is 9.78 Å². The van der Waals surface area contributed by atoms with Crippen LogP contribution in [0.1, 0.15) is 25.9 Å². The molecule has 1 aromatic heterocycles. The summed E-state index contributed by atoms with van der Waals surface area (Å²) in [6, 6.07) is 8.25. The SMILES string of the molecule is COC(=O)c1nc(CSc2ccccc2C)sc1C. The summed E-state index contributed by atoms with van der Waals surface area (Å²) < 4.78 is 4.71. The van der Waals surface area contributed by atoms with Crippen molar-refractivity contribution in [3.63, 3.8) is 0 Å². The van der Waals surface area contributed by atoms with Crippen LogP contribution in [0.15, 0.2) is 29.2 Å². The maximum Gasteiger partial charge on any atom is 0.357 e. The molecule has 0 aliphatic carbocycles. The largest absolute Gasteiger partial charge is 0.464 e. The molecule has 0 saturated carbocycles. The van der Waals surface area contributed by atoms with E-state index >= 15 is 0 Å². The summed E-state index contributed by atoms with van der Waals surface area (Å²) in [5, 5.41) is 0.950. The van der Waals surface area contributed by atoms with Gasteiger partial charge >= 0.3 is 5.97 Å². The molecule has 5 heteroatoms. The molecular formula is C14H15NO2S2. The number of carbonyl (C=O) groups excluding carboxylic acids is 1. The lowest BCUT2D eigenvalue weighted by molar-refractivity contribution is 0.0594. The van der Waals surface area contributed by atoms with E-state index < -0.39 is 0 Å². The Bertz CT molecular complexity index is 593. The van der Waals surface area contributed by atoms with E-state index in [-0.39, 0.29) is 5.97 Å². The number of hydrogen-bond donors (Lipinski definition) is 0. The number of benzene rings is 1. The van der Waals surface area contributed by atoms with Crippen LogP contribution < -0.4 is 0 Å². The number of nitrogens with zero attached hydrogens (tertiary/aromatic N) is 1. The Morgan fingerprint density at radius 3 is 2.79 bits per heavy atom. The highest BCUT2D eigenvalue weighted by Crippen LogP contribution is 2.28. The van der Waals surface area contributed by atoms with Crippen molar-refractivity contribution in [2.75, 3.05) is 7.11 Å². The molecule has 0 unspecified atom stereocenters. The van der Waals surface area contributed by atoms with Crippen molar-refractivity contribution >= 4 is 29.1 Å². The Morgan fingerprint density at radius 2 is 2.11 bits per heavy atom. The first kappa shape index (κ1) is 14.1. The van der Waals surface area contributed by atoms with Crippen LogP contribution in [0.5, 0.6) is 0 Å². The van der Waals surface area contributed by atoms with Crippen LogP contribution in [0.2, 0.25) is 0 Å². The highest BCUT2D eigenvalue weighted by Gasteiger charge is 2.15. The average molecular weight is 293 g/mol. The van der Waals surface area contributed by atoms with E-state index in [0.29, 0.717) is 5.69 Å². The quantitative estimate of drug-likeness (QED) is 0.634. The summed E-state index contributed by atoms with van der Waals surface area (Å²) in [6.07, 6.45) is 0. The van der Waals surface area contributed by atoms with E-state index in [0.717, 1.165) is 15.6 Å². The smallest absolute Gasteiger partial charge is 0.357 e. The van der Waals surface area contributed by atoms with E-state index in [1.165, 1.54) is 17.6 Å². The van der Waals surface area contributed by atoms with E-state index in [1.807, 2.05) is 19.1 Å². The number of aromatic nitrogens is 1. The third-order valence-electron chi connectivity index (χ3n) is 2.66. The molecular weight excluding hydrogens is 278 g/mol. The van der Waals surface area contributed by atoms with Gasteiger partial charge in [-0.3, -0.25) is 0 Å². The van der Waals surface area contributed by atoms with Crippen molar-refractivity contribution in [3.05, 3.63) is 45.4 Å². The highest BCUT2D eigenvalue weighted by molar-refractivity contribution is 7.98. The van der Waals surface area contributed by atoms with Gasteiger partial charge in [0.15, 0.2) is 5.69 Å². The Labute approximate surface area is 121 Å². The Balaban J connectivity index is 2.09. The van der Waals surface area contributed by atoms with Crippen LogP contribution >= 0.6 is 23.1 Å². The van der Waals surface area contributed by atoms with E-state index in [4.69, 9.17) is 4.74 Å². The number of esters is 1. The number of thiazole rings is 1. The van der Waals surface area contributed by atoms with Crippen molar-refractivity contribution in [3.8, 4) is 0 Å². The van der Waals surface area contributed by atoms with E-state index in [2.05, 4.69) is 24.0 Å². The third kappa shape index (κ3) is 3.36. The van der Waals surface area contributed by atoms with Crippen LogP contribution in [-0.4, -0.2) is 18.1 Å². The number of thioether (sulfide) groups is 1. The maximum absolute atomic E-state index is 11.5. The molecule has 0 aliphatic heterocycles. The lowest BCUT2D eigenvalue weighted by atomic mass is 10.2. The van der Waals surface area contributed by atoms with Gasteiger partial charge in [-0.15, -0.1) is 23.1 Å². The number of rotatable bonds is 4. The fraction of sp³-hybridized carbons (Fsp3) is 0.286. The molecule has 2 rings (SSSR count). The Hall–Kier alpha value is -1.33. The molecule has 0 fully saturated rings. The molecule has 0 saturated heterocycles. The second-order valence-electron chi connectivity index (χ2n) is 4.06. The van der Waals surface area contributed by atoms with Crippen molar-refractivity contribution in [2.24, 2.45) is 0 Å². The molecule has 0 bridgehead atoms. The van der Waals surface area contributed by atoms with Gasteiger partial charge in [-0.2, -0.15) is 0 Å².